The Kier molecular flexibility index (Phi) is 3.38. The SMILES string of the molecule is CC1CCCC(NC(=O)O)CC1. The van der Waals surface area contributed by atoms with Gasteiger partial charge in [-0.2, -0.15) is 0 Å². The molecule has 12 heavy (non-hydrogen) atoms. The Balaban J connectivity index is 2.30. The third-order valence-corrected chi connectivity index (χ3v) is 2.59. The molecule has 0 radical (unpaired) electrons. The zero-order valence-corrected chi connectivity index (χ0v) is 7.55. The van der Waals surface area contributed by atoms with Crippen molar-refractivity contribution >= 4 is 6.09 Å². The Morgan fingerprint density at radius 2 is 2.08 bits per heavy atom. The minimum absolute atomic E-state index is 0.201. The number of carbonyl (C=O) groups is 1. The van der Waals surface area contributed by atoms with Crippen molar-refractivity contribution in [3.63, 3.8) is 0 Å². The number of rotatable bonds is 1. The first kappa shape index (κ1) is 9.36. The molecule has 2 atom stereocenters. The topological polar surface area (TPSA) is 49.3 Å². The van der Waals surface area contributed by atoms with Gasteiger partial charge in [0, 0.05) is 6.04 Å². The molecule has 0 aliphatic heterocycles. The van der Waals surface area contributed by atoms with Gasteiger partial charge >= 0.3 is 6.09 Å². The Hall–Kier alpha value is -0.730. The largest absolute Gasteiger partial charge is 0.465 e. The average Bonchev–Trinajstić information content (AvgIpc) is 2.15. The highest BCUT2D eigenvalue weighted by Gasteiger charge is 2.16. The number of amides is 1. The molecular formula is C9H17NO2. The number of hydrogen-bond donors (Lipinski definition) is 2. The normalized spacial score (nSPS) is 30.8. The van der Waals surface area contributed by atoms with E-state index in [0.717, 1.165) is 31.6 Å². The highest BCUT2D eigenvalue weighted by molar-refractivity contribution is 5.64. The lowest BCUT2D eigenvalue weighted by molar-refractivity contribution is 0.188. The summed E-state index contributed by atoms with van der Waals surface area (Å²) in [7, 11) is 0. The van der Waals surface area contributed by atoms with Crippen LogP contribution in [-0.4, -0.2) is 17.2 Å². The Morgan fingerprint density at radius 1 is 1.33 bits per heavy atom. The van der Waals surface area contributed by atoms with E-state index >= 15 is 0 Å². The molecule has 70 valence electrons. The second-order valence-electron chi connectivity index (χ2n) is 3.76. The van der Waals surface area contributed by atoms with Gasteiger partial charge in [0.15, 0.2) is 0 Å². The van der Waals surface area contributed by atoms with Crippen molar-refractivity contribution in [2.75, 3.05) is 0 Å². The molecule has 2 unspecified atom stereocenters. The predicted octanol–water partition coefficient (Wildman–Crippen LogP) is 2.22. The highest BCUT2D eigenvalue weighted by atomic mass is 16.4. The monoisotopic (exact) mass is 171 g/mol. The minimum atomic E-state index is -0.880. The van der Waals surface area contributed by atoms with Gasteiger partial charge in [0.2, 0.25) is 0 Å². The van der Waals surface area contributed by atoms with Gasteiger partial charge in [0.05, 0.1) is 0 Å². The van der Waals surface area contributed by atoms with Crippen molar-refractivity contribution in [3.05, 3.63) is 0 Å². The summed E-state index contributed by atoms with van der Waals surface area (Å²) in [6.07, 6.45) is 4.70. The van der Waals surface area contributed by atoms with Gasteiger partial charge in [-0.05, 0) is 25.2 Å². The van der Waals surface area contributed by atoms with Crippen molar-refractivity contribution < 1.29 is 9.90 Å². The van der Waals surface area contributed by atoms with Crippen LogP contribution < -0.4 is 5.32 Å². The first-order valence-electron chi connectivity index (χ1n) is 4.68. The molecule has 2 N–H and O–H groups in total. The fourth-order valence-electron chi connectivity index (χ4n) is 1.81. The predicted molar refractivity (Wildman–Crippen MR) is 47.2 cm³/mol. The summed E-state index contributed by atoms with van der Waals surface area (Å²) in [5, 5.41) is 11.1. The third-order valence-electron chi connectivity index (χ3n) is 2.59. The zero-order valence-electron chi connectivity index (χ0n) is 7.55. The van der Waals surface area contributed by atoms with Crippen LogP contribution >= 0.6 is 0 Å². The second kappa shape index (κ2) is 4.33. The molecule has 3 heteroatoms. The molecule has 0 saturated heterocycles. The van der Waals surface area contributed by atoms with Crippen molar-refractivity contribution in [3.8, 4) is 0 Å². The van der Waals surface area contributed by atoms with Gasteiger partial charge in [-0.25, -0.2) is 4.79 Å². The van der Waals surface area contributed by atoms with E-state index in [4.69, 9.17) is 5.11 Å². The average molecular weight is 171 g/mol. The number of carboxylic acid groups (broad SMARTS) is 1. The quantitative estimate of drug-likeness (QED) is 0.594. The molecule has 0 bridgehead atoms. The molecule has 1 aliphatic rings. The molecule has 1 rings (SSSR count). The maximum atomic E-state index is 10.4. The van der Waals surface area contributed by atoms with E-state index in [1.54, 1.807) is 0 Å². The van der Waals surface area contributed by atoms with Gasteiger partial charge < -0.3 is 10.4 Å². The summed E-state index contributed by atoms with van der Waals surface area (Å²) in [4.78, 5) is 10.4. The molecular weight excluding hydrogens is 154 g/mol. The molecule has 0 aromatic carbocycles. The summed E-state index contributed by atoms with van der Waals surface area (Å²) in [6.45, 7) is 2.24. The van der Waals surface area contributed by atoms with Crippen LogP contribution in [0.3, 0.4) is 0 Å². The molecule has 0 aromatic rings. The lowest BCUT2D eigenvalue weighted by Gasteiger charge is -2.13. The summed E-state index contributed by atoms with van der Waals surface area (Å²) >= 11 is 0. The molecule has 0 aromatic heterocycles. The first-order chi connectivity index (χ1) is 5.68. The molecule has 1 amide bonds. The molecule has 1 aliphatic carbocycles. The van der Waals surface area contributed by atoms with Gasteiger partial charge in [0.1, 0.15) is 0 Å². The third kappa shape index (κ3) is 3.11. The number of nitrogens with one attached hydrogen (secondary N) is 1. The van der Waals surface area contributed by atoms with Crippen molar-refractivity contribution in [1.82, 2.24) is 5.32 Å². The summed E-state index contributed by atoms with van der Waals surface area (Å²) in [6, 6.07) is 0.201. The van der Waals surface area contributed by atoms with E-state index < -0.39 is 6.09 Å². The van der Waals surface area contributed by atoms with Crippen LogP contribution in [0.1, 0.15) is 39.0 Å². The van der Waals surface area contributed by atoms with Crippen LogP contribution in [0.2, 0.25) is 0 Å². The highest BCUT2D eigenvalue weighted by Crippen LogP contribution is 2.22. The van der Waals surface area contributed by atoms with E-state index in [-0.39, 0.29) is 6.04 Å². The Labute approximate surface area is 73.2 Å². The first-order valence-corrected chi connectivity index (χ1v) is 4.68. The maximum absolute atomic E-state index is 10.4. The fraction of sp³-hybridized carbons (Fsp3) is 0.889. The molecule has 0 heterocycles. The van der Waals surface area contributed by atoms with Crippen molar-refractivity contribution in [2.24, 2.45) is 5.92 Å². The molecule has 1 fully saturated rings. The smallest absolute Gasteiger partial charge is 0.404 e. The van der Waals surface area contributed by atoms with E-state index in [0.29, 0.717) is 0 Å². The van der Waals surface area contributed by atoms with Gasteiger partial charge in [0.25, 0.3) is 0 Å². The van der Waals surface area contributed by atoms with Crippen LogP contribution in [0.15, 0.2) is 0 Å². The van der Waals surface area contributed by atoms with Crippen LogP contribution in [0.5, 0.6) is 0 Å². The number of hydrogen-bond acceptors (Lipinski definition) is 1. The van der Waals surface area contributed by atoms with E-state index in [9.17, 15) is 4.79 Å². The van der Waals surface area contributed by atoms with Gasteiger partial charge in [-0.15, -0.1) is 0 Å². The van der Waals surface area contributed by atoms with E-state index in [2.05, 4.69) is 12.2 Å². The Bertz CT molecular complexity index is 159. The minimum Gasteiger partial charge on any atom is -0.465 e. The van der Waals surface area contributed by atoms with E-state index in [1.165, 1.54) is 6.42 Å². The lowest BCUT2D eigenvalue weighted by atomic mass is 10.0. The molecule has 1 saturated carbocycles. The molecule has 0 spiro atoms. The summed E-state index contributed by atoms with van der Waals surface area (Å²) < 4.78 is 0. The lowest BCUT2D eigenvalue weighted by Crippen LogP contribution is -2.32. The van der Waals surface area contributed by atoms with E-state index in [1.807, 2.05) is 0 Å². The molecule has 3 nitrogen and oxygen atoms in total. The maximum Gasteiger partial charge on any atom is 0.404 e. The summed E-state index contributed by atoms with van der Waals surface area (Å²) in [5.41, 5.74) is 0. The van der Waals surface area contributed by atoms with Crippen LogP contribution in [-0.2, 0) is 0 Å². The second-order valence-corrected chi connectivity index (χ2v) is 3.76. The van der Waals surface area contributed by atoms with Gasteiger partial charge in [-0.1, -0.05) is 19.8 Å². The zero-order chi connectivity index (χ0) is 8.97. The van der Waals surface area contributed by atoms with Crippen LogP contribution in [0.25, 0.3) is 0 Å². The summed E-state index contributed by atoms with van der Waals surface area (Å²) in [5.74, 6) is 0.769. The Morgan fingerprint density at radius 3 is 2.75 bits per heavy atom. The fourth-order valence-corrected chi connectivity index (χ4v) is 1.81. The van der Waals surface area contributed by atoms with Crippen LogP contribution in [0.4, 0.5) is 4.79 Å². The van der Waals surface area contributed by atoms with Crippen molar-refractivity contribution in [1.29, 1.82) is 0 Å². The van der Waals surface area contributed by atoms with Gasteiger partial charge in [-0.3, -0.25) is 0 Å². The van der Waals surface area contributed by atoms with Crippen molar-refractivity contribution in [2.45, 2.75) is 45.1 Å². The standard InChI is InChI=1S/C9H17NO2/c1-7-3-2-4-8(6-5-7)10-9(11)12/h7-8,10H,2-6H2,1H3,(H,11,12). The van der Waals surface area contributed by atoms with Crippen LogP contribution in [0, 0.1) is 5.92 Å².